The van der Waals surface area contributed by atoms with Crippen LogP contribution in [-0.4, -0.2) is 18.8 Å². The molecule has 0 saturated heterocycles. The quantitative estimate of drug-likeness (QED) is 0.849. The van der Waals surface area contributed by atoms with Crippen LogP contribution in [0.4, 0.5) is 0 Å². The molecule has 1 aromatic rings. The third kappa shape index (κ3) is 3.05. The van der Waals surface area contributed by atoms with E-state index in [1.165, 1.54) is 23.5 Å². The van der Waals surface area contributed by atoms with Gasteiger partial charge in [0.1, 0.15) is 0 Å². The molecule has 2 atom stereocenters. The third-order valence-electron chi connectivity index (χ3n) is 3.80. The molecule has 2 rings (SSSR count). The molecule has 1 heterocycles. The van der Waals surface area contributed by atoms with Crippen molar-refractivity contribution in [1.82, 2.24) is 5.32 Å². The van der Waals surface area contributed by atoms with Crippen molar-refractivity contribution in [3.05, 3.63) is 29.8 Å². The molecule has 94 valence electrons. The molecule has 0 amide bonds. The Hall–Kier alpha value is -0.470. The summed E-state index contributed by atoms with van der Waals surface area (Å²) in [5.41, 5.74) is 1.58. The highest BCUT2D eigenvalue weighted by Gasteiger charge is 2.23. The third-order valence-corrected chi connectivity index (χ3v) is 5.05. The molecule has 17 heavy (non-hydrogen) atoms. The second-order valence-corrected chi connectivity index (χ2v) is 6.32. The minimum absolute atomic E-state index is 0.660. The molecular formula is C15H23NS. The van der Waals surface area contributed by atoms with Crippen molar-refractivity contribution in [3.63, 3.8) is 0 Å². The second kappa shape index (κ2) is 5.92. The summed E-state index contributed by atoms with van der Waals surface area (Å²) in [6.45, 7) is 4.61. The van der Waals surface area contributed by atoms with Gasteiger partial charge >= 0.3 is 0 Å². The van der Waals surface area contributed by atoms with E-state index in [-0.39, 0.29) is 0 Å². The summed E-state index contributed by atoms with van der Waals surface area (Å²) in [5, 5.41) is 3.44. The van der Waals surface area contributed by atoms with Crippen LogP contribution >= 0.6 is 11.8 Å². The summed E-state index contributed by atoms with van der Waals surface area (Å²) in [7, 11) is 2.09. The van der Waals surface area contributed by atoms with Crippen LogP contribution in [0.1, 0.15) is 38.2 Å². The largest absolute Gasteiger partial charge is 0.317 e. The van der Waals surface area contributed by atoms with E-state index < -0.39 is 0 Å². The fraction of sp³-hybridized carbons (Fsp3) is 0.600. The van der Waals surface area contributed by atoms with Crippen LogP contribution in [0.25, 0.3) is 0 Å². The van der Waals surface area contributed by atoms with Crippen LogP contribution in [0.2, 0.25) is 0 Å². The average Bonchev–Trinajstić information content (AvgIpc) is 2.73. The van der Waals surface area contributed by atoms with Crippen molar-refractivity contribution in [2.75, 3.05) is 12.8 Å². The maximum absolute atomic E-state index is 3.44. The first-order valence-electron chi connectivity index (χ1n) is 6.61. The molecule has 1 aliphatic heterocycles. The molecule has 0 bridgehead atoms. The first-order valence-corrected chi connectivity index (χ1v) is 7.60. The van der Waals surface area contributed by atoms with Crippen molar-refractivity contribution in [2.45, 2.75) is 43.5 Å². The van der Waals surface area contributed by atoms with E-state index in [0.717, 1.165) is 11.8 Å². The normalized spacial score (nSPS) is 20.6. The van der Waals surface area contributed by atoms with Gasteiger partial charge in [0, 0.05) is 16.7 Å². The Morgan fingerprint density at radius 1 is 1.35 bits per heavy atom. The van der Waals surface area contributed by atoms with Gasteiger partial charge in [-0.3, -0.25) is 0 Å². The molecule has 1 aliphatic rings. The minimum atomic E-state index is 0.660. The summed E-state index contributed by atoms with van der Waals surface area (Å²) in [5.74, 6) is 2.77. The van der Waals surface area contributed by atoms with Crippen LogP contribution < -0.4 is 5.32 Å². The number of rotatable bonds is 5. The molecule has 2 unspecified atom stereocenters. The lowest BCUT2D eigenvalue weighted by Crippen LogP contribution is -2.30. The van der Waals surface area contributed by atoms with E-state index >= 15 is 0 Å². The topological polar surface area (TPSA) is 12.0 Å². The van der Waals surface area contributed by atoms with Gasteiger partial charge in [0.05, 0.1) is 0 Å². The van der Waals surface area contributed by atoms with E-state index in [2.05, 4.69) is 50.5 Å². The Bertz CT molecular complexity index is 362. The molecule has 0 spiro atoms. The van der Waals surface area contributed by atoms with Crippen molar-refractivity contribution < 1.29 is 0 Å². The summed E-state index contributed by atoms with van der Waals surface area (Å²) in [4.78, 5) is 1.50. The Morgan fingerprint density at radius 2 is 2.12 bits per heavy atom. The summed E-state index contributed by atoms with van der Waals surface area (Å²) >= 11 is 2.02. The number of thioether (sulfide) groups is 1. The van der Waals surface area contributed by atoms with Crippen molar-refractivity contribution >= 4 is 11.8 Å². The maximum Gasteiger partial charge on any atom is 0.0107 e. The van der Waals surface area contributed by atoms with Crippen molar-refractivity contribution in [2.24, 2.45) is 5.92 Å². The second-order valence-electron chi connectivity index (χ2n) is 5.26. The minimum Gasteiger partial charge on any atom is -0.317 e. The Morgan fingerprint density at radius 3 is 2.82 bits per heavy atom. The molecule has 2 heteroatoms. The van der Waals surface area contributed by atoms with Crippen LogP contribution in [-0.2, 0) is 0 Å². The van der Waals surface area contributed by atoms with Gasteiger partial charge in [0.2, 0.25) is 0 Å². The average molecular weight is 249 g/mol. The van der Waals surface area contributed by atoms with Gasteiger partial charge in [-0.25, -0.2) is 0 Å². The van der Waals surface area contributed by atoms with E-state index in [4.69, 9.17) is 0 Å². The molecule has 1 nitrogen and oxygen atoms in total. The van der Waals surface area contributed by atoms with Gasteiger partial charge in [0.15, 0.2) is 0 Å². The lowest BCUT2D eigenvalue weighted by Gasteiger charge is -2.22. The molecule has 0 aromatic heterocycles. The SMILES string of the molecule is CNC(CCC1CSc2ccccc21)C(C)C. The van der Waals surface area contributed by atoms with Gasteiger partial charge in [0.25, 0.3) is 0 Å². The van der Waals surface area contributed by atoms with Gasteiger partial charge in [-0.05, 0) is 43.4 Å². The van der Waals surface area contributed by atoms with Crippen LogP contribution in [0.3, 0.4) is 0 Å². The first-order chi connectivity index (χ1) is 8.22. The van der Waals surface area contributed by atoms with E-state index in [1.807, 2.05) is 11.8 Å². The highest BCUT2D eigenvalue weighted by Crippen LogP contribution is 2.41. The van der Waals surface area contributed by atoms with E-state index in [9.17, 15) is 0 Å². The van der Waals surface area contributed by atoms with E-state index in [0.29, 0.717) is 6.04 Å². The molecule has 0 saturated carbocycles. The summed E-state index contributed by atoms with van der Waals surface area (Å²) in [6, 6.07) is 9.56. The molecule has 0 fully saturated rings. The number of fused-ring (bicyclic) bond motifs is 1. The smallest absolute Gasteiger partial charge is 0.0107 e. The fourth-order valence-electron chi connectivity index (χ4n) is 2.66. The van der Waals surface area contributed by atoms with Crippen LogP contribution in [0.5, 0.6) is 0 Å². The van der Waals surface area contributed by atoms with E-state index in [1.54, 1.807) is 5.56 Å². The maximum atomic E-state index is 3.44. The lowest BCUT2D eigenvalue weighted by atomic mass is 9.91. The zero-order valence-corrected chi connectivity index (χ0v) is 11.9. The fourth-order valence-corrected chi connectivity index (χ4v) is 3.96. The number of hydrogen-bond donors (Lipinski definition) is 1. The Kier molecular flexibility index (Phi) is 4.52. The zero-order chi connectivity index (χ0) is 12.3. The Balaban J connectivity index is 1.93. The highest BCUT2D eigenvalue weighted by molar-refractivity contribution is 7.99. The predicted octanol–water partition coefficient (Wildman–Crippen LogP) is 3.90. The molecular weight excluding hydrogens is 226 g/mol. The van der Waals surface area contributed by atoms with Crippen LogP contribution in [0, 0.1) is 5.92 Å². The van der Waals surface area contributed by atoms with Gasteiger partial charge in [-0.15, -0.1) is 11.8 Å². The van der Waals surface area contributed by atoms with Crippen LogP contribution in [0.15, 0.2) is 29.2 Å². The summed E-state index contributed by atoms with van der Waals surface area (Å²) in [6.07, 6.45) is 2.60. The Labute approximate surface area is 109 Å². The summed E-state index contributed by atoms with van der Waals surface area (Å²) < 4.78 is 0. The zero-order valence-electron chi connectivity index (χ0n) is 11.1. The standard InChI is InChI=1S/C15H23NS/c1-11(2)14(16-3)9-8-12-10-17-15-7-5-4-6-13(12)15/h4-7,11-12,14,16H,8-10H2,1-3H3. The predicted molar refractivity (Wildman–Crippen MR) is 76.8 cm³/mol. The monoisotopic (exact) mass is 249 g/mol. The van der Waals surface area contributed by atoms with Gasteiger partial charge < -0.3 is 5.32 Å². The number of hydrogen-bond acceptors (Lipinski definition) is 2. The van der Waals surface area contributed by atoms with Gasteiger partial charge in [-0.1, -0.05) is 32.0 Å². The molecule has 0 radical (unpaired) electrons. The molecule has 1 N–H and O–H groups in total. The van der Waals surface area contributed by atoms with Gasteiger partial charge in [-0.2, -0.15) is 0 Å². The van der Waals surface area contributed by atoms with Crippen molar-refractivity contribution in [3.8, 4) is 0 Å². The first kappa shape index (κ1) is 13.0. The number of nitrogens with one attached hydrogen (secondary N) is 1. The van der Waals surface area contributed by atoms with Crippen molar-refractivity contribution in [1.29, 1.82) is 0 Å². The molecule has 1 aromatic carbocycles. The molecule has 0 aliphatic carbocycles. The number of benzene rings is 1. The lowest BCUT2D eigenvalue weighted by molar-refractivity contribution is 0.384. The highest BCUT2D eigenvalue weighted by atomic mass is 32.2.